The smallest absolute Gasteiger partial charge is 0.314 e. The Labute approximate surface area is 113 Å². The van der Waals surface area contributed by atoms with E-state index in [0.717, 1.165) is 19.3 Å². The van der Waals surface area contributed by atoms with Gasteiger partial charge in [0, 0.05) is 5.92 Å². The molecule has 4 nitrogen and oxygen atoms in total. The fraction of sp³-hybridized carbons (Fsp3) is 0.600. The third-order valence-corrected chi connectivity index (χ3v) is 3.94. The minimum absolute atomic E-state index is 0.130. The molecule has 1 aliphatic heterocycles. The zero-order chi connectivity index (χ0) is 14.0. The zero-order valence-electron chi connectivity index (χ0n) is 11.3. The average Bonchev–Trinajstić information content (AvgIpc) is 2.51. The Morgan fingerprint density at radius 1 is 1.26 bits per heavy atom. The van der Waals surface area contributed by atoms with E-state index in [1.807, 2.05) is 0 Å². The molecule has 2 aliphatic rings. The lowest BCUT2D eigenvalue weighted by atomic mass is 9.79. The summed E-state index contributed by atoms with van der Waals surface area (Å²) in [6.45, 7) is 9.05. The van der Waals surface area contributed by atoms with Crippen molar-refractivity contribution in [3.8, 4) is 0 Å². The second-order valence-electron chi connectivity index (χ2n) is 5.43. The van der Waals surface area contributed by atoms with Gasteiger partial charge in [-0.05, 0) is 32.6 Å². The van der Waals surface area contributed by atoms with E-state index < -0.39 is 0 Å². The predicted octanol–water partition coefficient (Wildman–Crippen LogP) is 2.95. The van der Waals surface area contributed by atoms with Gasteiger partial charge in [0.1, 0.15) is 5.76 Å². The Balaban J connectivity index is 2.00. The van der Waals surface area contributed by atoms with Gasteiger partial charge in [0.15, 0.2) is 0 Å². The highest BCUT2D eigenvalue weighted by Crippen LogP contribution is 2.40. The Kier molecular flexibility index (Phi) is 4.08. The number of allylic oxidation sites excluding steroid dienone is 2. The second-order valence-corrected chi connectivity index (χ2v) is 5.43. The molecule has 1 saturated carbocycles. The van der Waals surface area contributed by atoms with Gasteiger partial charge in [-0.25, -0.2) is 0 Å². The van der Waals surface area contributed by atoms with Crippen LogP contribution in [0.25, 0.3) is 0 Å². The minimum atomic E-state index is -0.226. The van der Waals surface area contributed by atoms with E-state index in [1.54, 1.807) is 6.92 Å². The second kappa shape index (κ2) is 5.59. The van der Waals surface area contributed by atoms with Crippen LogP contribution in [0.5, 0.6) is 0 Å². The first-order valence-electron chi connectivity index (χ1n) is 6.76. The fourth-order valence-corrected chi connectivity index (χ4v) is 2.95. The van der Waals surface area contributed by atoms with Crippen molar-refractivity contribution in [3.63, 3.8) is 0 Å². The summed E-state index contributed by atoms with van der Waals surface area (Å²) in [6, 6.07) is 0. The van der Waals surface area contributed by atoms with Crippen LogP contribution in [0.3, 0.4) is 0 Å². The van der Waals surface area contributed by atoms with Gasteiger partial charge in [-0.1, -0.05) is 19.6 Å². The molecule has 19 heavy (non-hydrogen) atoms. The molecule has 0 aromatic heterocycles. The number of fused-ring (bicyclic) bond motifs is 1. The summed E-state index contributed by atoms with van der Waals surface area (Å²) in [6.07, 6.45) is 3.85. The third kappa shape index (κ3) is 3.06. The maximum Gasteiger partial charge on any atom is 0.314 e. The first kappa shape index (κ1) is 13.8. The molecule has 1 heterocycles. The van der Waals surface area contributed by atoms with Crippen LogP contribution in [0.2, 0.25) is 0 Å². The molecule has 104 valence electrons. The molecule has 3 atom stereocenters. The summed E-state index contributed by atoms with van der Waals surface area (Å²) in [4.78, 5) is 23.6. The van der Waals surface area contributed by atoms with E-state index in [4.69, 9.17) is 9.47 Å². The zero-order valence-corrected chi connectivity index (χ0v) is 11.3. The fourth-order valence-electron chi connectivity index (χ4n) is 2.95. The molecular formula is C15H20O4. The molecule has 4 heteroatoms. The number of hydrogen-bond acceptors (Lipinski definition) is 4. The first-order chi connectivity index (χ1) is 8.99. The number of ether oxygens (including phenoxy) is 2. The quantitative estimate of drug-likeness (QED) is 0.568. The molecule has 0 amide bonds. The van der Waals surface area contributed by atoms with Crippen LogP contribution in [0.15, 0.2) is 24.7 Å². The van der Waals surface area contributed by atoms with Crippen LogP contribution in [0.1, 0.15) is 39.0 Å². The van der Waals surface area contributed by atoms with E-state index in [-0.39, 0.29) is 29.7 Å². The third-order valence-electron chi connectivity index (χ3n) is 3.94. The summed E-state index contributed by atoms with van der Waals surface area (Å²) in [5.74, 6) is 0.453. The van der Waals surface area contributed by atoms with E-state index in [9.17, 15) is 9.59 Å². The molecule has 0 spiro atoms. The molecule has 0 aromatic carbocycles. The van der Waals surface area contributed by atoms with Crippen LogP contribution in [0.4, 0.5) is 0 Å². The monoisotopic (exact) mass is 264 g/mol. The Morgan fingerprint density at radius 3 is 2.68 bits per heavy atom. The van der Waals surface area contributed by atoms with E-state index >= 15 is 0 Å². The van der Waals surface area contributed by atoms with Crippen molar-refractivity contribution < 1.29 is 19.1 Å². The van der Waals surface area contributed by atoms with Crippen molar-refractivity contribution in [2.24, 2.45) is 17.8 Å². The van der Waals surface area contributed by atoms with Crippen molar-refractivity contribution >= 4 is 11.9 Å². The maximum absolute atomic E-state index is 11.9. The molecule has 1 saturated heterocycles. The summed E-state index contributed by atoms with van der Waals surface area (Å²) < 4.78 is 10.2. The lowest BCUT2D eigenvalue weighted by molar-refractivity contribution is -0.146. The van der Waals surface area contributed by atoms with Crippen LogP contribution in [-0.2, 0) is 19.1 Å². The minimum Gasteiger partial charge on any atom is -0.432 e. The van der Waals surface area contributed by atoms with Crippen LogP contribution < -0.4 is 0 Å². The molecule has 0 bridgehead atoms. The van der Waals surface area contributed by atoms with Gasteiger partial charge >= 0.3 is 11.9 Å². The summed E-state index contributed by atoms with van der Waals surface area (Å²) >= 11 is 0. The van der Waals surface area contributed by atoms with Gasteiger partial charge in [-0.2, -0.15) is 0 Å². The van der Waals surface area contributed by atoms with Gasteiger partial charge in [-0.15, -0.1) is 0 Å². The van der Waals surface area contributed by atoms with Crippen LogP contribution >= 0.6 is 0 Å². The largest absolute Gasteiger partial charge is 0.432 e. The normalized spacial score (nSPS) is 30.9. The lowest BCUT2D eigenvalue weighted by Crippen LogP contribution is -2.24. The van der Waals surface area contributed by atoms with Crippen molar-refractivity contribution in [1.29, 1.82) is 0 Å². The van der Waals surface area contributed by atoms with Crippen molar-refractivity contribution in [2.45, 2.75) is 39.0 Å². The number of cyclic esters (lactones) is 1. The molecule has 2 rings (SSSR count). The molecule has 0 radical (unpaired) electrons. The topological polar surface area (TPSA) is 52.6 Å². The Hall–Kier alpha value is -1.58. The Morgan fingerprint density at radius 2 is 2.00 bits per heavy atom. The highest BCUT2D eigenvalue weighted by Gasteiger charge is 2.41. The van der Waals surface area contributed by atoms with Crippen molar-refractivity contribution in [1.82, 2.24) is 0 Å². The molecule has 3 unspecified atom stereocenters. The standard InChI is InChI=1S/C15H20O4/c1-9(2)18-14(16)11-5-4-6-12-10(3)19-15(17)13(12)8-7-11/h11-13H,1,3-8H2,2H3. The Bertz CT molecular complexity index is 424. The summed E-state index contributed by atoms with van der Waals surface area (Å²) in [5, 5.41) is 0. The van der Waals surface area contributed by atoms with Gasteiger partial charge in [0.05, 0.1) is 17.6 Å². The summed E-state index contributed by atoms with van der Waals surface area (Å²) in [7, 11) is 0. The van der Waals surface area contributed by atoms with Crippen molar-refractivity contribution in [2.75, 3.05) is 0 Å². The molecule has 1 aliphatic carbocycles. The van der Waals surface area contributed by atoms with Gasteiger partial charge < -0.3 is 9.47 Å². The average molecular weight is 264 g/mol. The van der Waals surface area contributed by atoms with Crippen LogP contribution in [-0.4, -0.2) is 11.9 Å². The van der Waals surface area contributed by atoms with E-state index in [2.05, 4.69) is 13.2 Å². The number of carbonyl (C=O) groups is 2. The highest BCUT2D eigenvalue weighted by molar-refractivity contribution is 5.77. The number of hydrogen-bond donors (Lipinski definition) is 0. The van der Waals surface area contributed by atoms with E-state index in [0.29, 0.717) is 24.4 Å². The van der Waals surface area contributed by atoms with Crippen LogP contribution in [0, 0.1) is 17.8 Å². The maximum atomic E-state index is 11.9. The van der Waals surface area contributed by atoms with E-state index in [1.165, 1.54) is 0 Å². The van der Waals surface area contributed by atoms with Gasteiger partial charge in [0.25, 0.3) is 0 Å². The van der Waals surface area contributed by atoms with Gasteiger partial charge in [0.2, 0.25) is 0 Å². The number of esters is 2. The SMILES string of the molecule is C=C(C)OC(=O)C1CCCC2C(=C)OC(=O)C2CC1. The predicted molar refractivity (Wildman–Crippen MR) is 69.7 cm³/mol. The molecule has 0 N–H and O–H groups in total. The molecule has 2 fully saturated rings. The first-order valence-corrected chi connectivity index (χ1v) is 6.76. The number of carbonyl (C=O) groups excluding carboxylic acids is 2. The summed E-state index contributed by atoms with van der Waals surface area (Å²) in [5.41, 5.74) is 0. The molecular weight excluding hydrogens is 244 g/mol. The lowest BCUT2D eigenvalue weighted by Gasteiger charge is -2.23. The number of rotatable bonds is 2. The van der Waals surface area contributed by atoms with Crippen molar-refractivity contribution in [3.05, 3.63) is 24.7 Å². The molecule has 0 aromatic rings. The highest BCUT2D eigenvalue weighted by atomic mass is 16.5. The van der Waals surface area contributed by atoms with Gasteiger partial charge in [-0.3, -0.25) is 9.59 Å².